The molecule has 1 unspecified atom stereocenters. The van der Waals surface area contributed by atoms with E-state index in [4.69, 9.17) is 14.2 Å². The van der Waals surface area contributed by atoms with Gasteiger partial charge in [-0.25, -0.2) is 0 Å². The molecule has 2 rings (SSSR count). The molecule has 0 aromatic heterocycles. The third-order valence-electron chi connectivity index (χ3n) is 7.81. The van der Waals surface area contributed by atoms with Crippen molar-refractivity contribution in [1.29, 1.82) is 0 Å². The minimum absolute atomic E-state index is 0.117. The number of nitrogens with one attached hydrogen (secondary N) is 2. The van der Waals surface area contributed by atoms with Crippen LogP contribution in [0.2, 0.25) is 0 Å². The van der Waals surface area contributed by atoms with Crippen molar-refractivity contribution in [1.82, 2.24) is 5.32 Å². The molecular weight excluding hydrogens is 556 g/mol. The lowest BCUT2D eigenvalue weighted by Crippen LogP contribution is -2.56. The maximum absolute atomic E-state index is 12.7. The number of anilines is 1. The van der Waals surface area contributed by atoms with Crippen LogP contribution >= 0.6 is 0 Å². The van der Waals surface area contributed by atoms with Gasteiger partial charge in [0.25, 0.3) is 0 Å². The van der Waals surface area contributed by atoms with E-state index in [2.05, 4.69) is 29.7 Å². The largest absolute Gasteiger partial charge is 0.427 e. The number of ether oxygens (including phenoxy) is 3. The van der Waals surface area contributed by atoms with Crippen LogP contribution in [-0.4, -0.2) is 42.8 Å². The van der Waals surface area contributed by atoms with E-state index in [1.54, 1.807) is 38.1 Å². The Morgan fingerprint density at radius 3 is 2.07 bits per heavy atom. The highest BCUT2D eigenvalue weighted by molar-refractivity contribution is 5.91. The first-order valence-corrected chi connectivity index (χ1v) is 16.9. The monoisotopic (exact) mass is 614 g/mol. The van der Waals surface area contributed by atoms with Crippen molar-refractivity contribution >= 4 is 23.5 Å². The summed E-state index contributed by atoms with van der Waals surface area (Å²) in [5, 5.41) is 5.60. The quantitative estimate of drug-likeness (QED) is 0.0626. The van der Waals surface area contributed by atoms with Gasteiger partial charge in [-0.2, -0.15) is 0 Å². The van der Waals surface area contributed by atoms with Crippen LogP contribution in [0, 0.1) is 5.41 Å². The summed E-state index contributed by atoms with van der Waals surface area (Å²) in [4.78, 5) is 37.3. The van der Waals surface area contributed by atoms with E-state index in [-0.39, 0.29) is 30.7 Å². The second-order valence-corrected chi connectivity index (χ2v) is 13.1. The summed E-state index contributed by atoms with van der Waals surface area (Å²) < 4.78 is 16.9. The van der Waals surface area contributed by atoms with Gasteiger partial charge in [0.15, 0.2) is 5.79 Å². The normalized spacial score (nSPS) is 17.3. The van der Waals surface area contributed by atoms with Crippen LogP contribution < -0.4 is 15.4 Å². The minimum atomic E-state index is -0.834. The van der Waals surface area contributed by atoms with E-state index < -0.39 is 17.3 Å². The van der Waals surface area contributed by atoms with Crippen LogP contribution in [0.5, 0.6) is 5.75 Å². The number of carbonyl (C=O) groups is 3. The first-order valence-electron chi connectivity index (χ1n) is 16.9. The number of amides is 2. The highest BCUT2D eigenvalue weighted by atomic mass is 16.7. The molecule has 2 N–H and O–H groups in total. The molecule has 0 spiro atoms. The molecule has 0 aliphatic carbocycles. The number of allylic oxidation sites excluding steroid dienone is 2. The maximum atomic E-state index is 12.7. The van der Waals surface area contributed by atoms with Gasteiger partial charge in [-0.05, 0) is 70.2 Å². The number of rotatable bonds is 21. The van der Waals surface area contributed by atoms with Gasteiger partial charge in [-0.1, -0.05) is 84.3 Å². The lowest BCUT2D eigenvalue weighted by Gasteiger charge is -2.44. The van der Waals surface area contributed by atoms with Gasteiger partial charge in [0.05, 0.1) is 6.61 Å². The van der Waals surface area contributed by atoms with Crippen molar-refractivity contribution in [2.75, 3.05) is 18.5 Å². The smallest absolute Gasteiger partial charge is 0.311 e. The van der Waals surface area contributed by atoms with Gasteiger partial charge in [0.1, 0.15) is 11.9 Å². The van der Waals surface area contributed by atoms with E-state index in [1.165, 1.54) is 57.8 Å². The number of hydrogen-bond acceptors (Lipinski definition) is 6. The maximum Gasteiger partial charge on any atom is 0.311 e. The molecule has 1 fully saturated rings. The zero-order valence-corrected chi connectivity index (χ0v) is 28.0. The molecule has 1 saturated heterocycles. The summed E-state index contributed by atoms with van der Waals surface area (Å²) in [7, 11) is 0. The molecular formula is C36H58N2O6. The number of hydrogen-bond donors (Lipinski definition) is 2. The van der Waals surface area contributed by atoms with Crippen molar-refractivity contribution in [3.05, 3.63) is 36.4 Å². The zero-order valence-electron chi connectivity index (χ0n) is 28.0. The molecule has 1 atom stereocenters. The number of carbonyl (C=O) groups excluding carboxylic acids is 3. The van der Waals surface area contributed by atoms with Gasteiger partial charge >= 0.3 is 5.97 Å². The molecule has 1 aromatic carbocycles. The third kappa shape index (κ3) is 15.8. The average Bonchev–Trinajstić information content (AvgIpc) is 2.97. The Morgan fingerprint density at radius 2 is 1.43 bits per heavy atom. The Balaban J connectivity index is 1.52. The highest BCUT2D eigenvalue weighted by Gasteiger charge is 2.45. The molecule has 1 heterocycles. The fourth-order valence-electron chi connectivity index (χ4n) is 5.07. The summed E-state index contributed by atoms with van der Waals surface area (Å²) in [5.74, 6) is -1.11. The van der Waals surface area contributed by atoms with Gasteiger partial charge in [-0.15, -0.1) is 0 Å². The second kappa shape index (κ2) is 20.3. The fraction of sp³-hybridized carbons (Fsp3) is 0.694. The summed E-state index contributed by atoms with van der Waals surface area (Å²) >= 11 is 0. The summed E-state index contributed by atoms with van der Waals surface area (Å²) in [5.41, 5.74) is 0.117. The molecule has 1 aromatic rings. The average molecular weight is 615 g/mol. The second-order valence-electron chi connectivity index (χ2n) is 13.1. The Bertz CT molecular complexity index is 1020. The Labute approximate surface area is 266 Å². The van der Waals surface area contributed by atoms with E-state index in [0.29, 0.717) is 24.5 Å². The van der Waals surface area contributed by atoms with Crippen LogP contribution in [0.3, 0.4) is 0 Å². The van der Waals surface area contributed by atoms with E-state index in [1.807, 2.05) is 13.8 Å². The van der Waals surface area contributed by atoms with Crippen LogP contribution in [0.1, 0.15) is 131 Å². The minimum Gasteiger partial charge on any atom is -0.427 e. The molecule has 0 saturated carbocycles. The zero-order chi connectivity index (χ0) is 32.3. The Kier molecular flexibility index (Phi) is 17.3. The standard InChI is InChI=1S/C36H58N2O6/c1-6-7-8-9-10-11-12-13-14-15-16-17-18-19-20-21-32(40)43-30-24-22-29(23-25-30)38-31(39)26-27-37-34(41)33-35(2,3)28-42-36(4,5)44-33/h13-14,22-25,33H,6-12,15-21,26-28H2,1-5H3,(H,37,41)(H,38,39). The van der Waals surface area contributed by atoms with Crippen molar-refractivity contribution < 1.29 is 28.6 Å². The van der Waals surface area contributed by atoms with Crippen molar-refractivity contribution in [2.45, 2.75) is 143 Å². The predicted octanol–water partition coefficient (Wildman–Crippen LogP) is 8.25. The van der Waals surface area contributed by atoms with Crippen molar-refractivity contribution in [3.63, 3.8) is 0 Å². The third-order valence-corrected chi connectivity index (χ3v) is 7.81. The first kappa shape index (κ1) is 37.5. The Morgan fingerprint density at radius 1 is 0.841 bits per heavy atom. The SMILES string of the molecule is CCCCCCCCC=CCCCCCCCC(=O)Oc1ccc(NC(=O)CCNC(=O)C2OC(C)(C)OCC2(C)C)cc1. The van der Waals surface area contributed by atoms with Gasteiger partial charge in [0.2, 0.25) is 11.8 Å². The molecule has 2 amide bonds. The Hall–Kier alpha value is -2.71. The summed E-state index contributed by atoms with van der Waals surface area (Å²) in [6, 6.07) is 6.73. The topological polar surface area (TPSA) is 103 Å². The number of esters is 1. The molecule has 1 aliphatic heterocycles. The highest BCUT2D eigenvalue weighted by Crippen LogP contribution is 2.34. The lowest BCUT2D eigenvalue weighted by molar-refractivity contribution is -0.304. The molecule has 44 heavy (non-hydrogen) atoms. The molecule has 1 aliphatic rings. The predicted molar refractivity (Wildman–Crippen MR) is 176 cm³/mol. The van der Waals surface area contributed by atoms with Crippen LogP contribution in [0.25, 0.3) is 0 Å². The molecule has 248 valence electrons. The number of unbranched alkanes of at least 4 members (excludes halogenated alkanes) is 11. The van der Waals surface area contributed by atoms with E-state index in [9.17, 15) is 14.4 Å². The molecule has 0 radical (unpaired) electrons. The van der Waals surface area contributed by atoms with E-state index in [0.717, 1.165) is 25.7 Å². The van der Waals surface area contributed by atoms with E-state index >= 15 is 0 Å². The van der Waals surface area contributed by atoms with Crippen LogP contribution in [-0.2, 0) is 23.9 Å². The summed E-state index contributed by atoms with van der Waals surface area (Å²) in [6.07, 6.45) is 20.3. The summed E-state index contributed by atoms with van der Waals surface area (Å²) in [6.45, 7) is 10.2. The molecule has 8 nitrogen and oxygen atoms in total. The first-order chi connectivity index (χ1) is 21.0. The van der Waals surface area contributed by atoms with Crippen molar-refractivity contribution in [2.24, 2.45) is 5.41 Å². The fourth-order valence-corrected chi connectivity index (χ4v) is 5.07. The van der Waals surface area contributed by atoms with Gasteiger partial charge < -0.3 is 24.8 Å². The molecule has 8 heteroatoms. The number of benzene rings is 1. The lowest BCUT2D eigenvalue weighted by atomic mass is 9.85. The van der Waals surface area contributed by atoms with Crippen molar-refractivity contribution in [3.8, 4) is 5.75 Å². The van der Waals surface area contributed by atoms with Gasteiger partial charge in [0, 0.05) is 30.5 Å². The molecule has 0 bridgehead atoms. The van der Waals surface area contributed by atoms with Crippen LogP contribution in [0.15, 0.2) is 36.4 Å². The van der Waals surface area contributed by atoms with Gasteiger partial charge in [-0.3, -0.25) is 14.4 Å². The van der Waals surface area contributed by atoms with Crippen LogP contribution in [0.4, 0.5) is 5.69 Å².